The summed E-state index contributed by atoms with van der Waals surface area (Å²) in [6.07, 6.45) is 5.61. The van der Waals surface area contributed by atoms with Crippen molar-refractivity contribution >= 4 is 54.6 Å². The van der Waals surface area contributed by atoms with Crippen molar-refractivity contribution in [2.45, 2.75) is 39.9 Å². The van der Waals surface area contributed by atoms with Gasteiger partial charge < -0.3 is 18.4 Å². The molecule has 1 aliphatic rings. The third kappa shape index (κ3) is 9.96. The molecule has 0 radical (unpaired) electrons. The maximum absolute atomic E-state index is 10.6. The van der Waals surface area contributed by atoms with Gasteiger partial charge in [-0.25, -0.2) is 4.98 Å². The van der Waals surface area contributed by atoms with Crippen LogP contribution in [0.1, 0.15) is 63.5 Å². The van der Waals surface area contributed by atoms with Gasteiger partial charge in [0.2, 0.25) is 0 Å². The third-order valence-corrected chi connectivity index (χ3v) is 18.1. The first-order valence-corrected chi connectivity index (χ1v) is 31.4. The molecule has 5 heterocycles. The first kappa shape index (κ1) is 42.1. The van der Waals surface area contributed by atoms with Gasteiger partial charge in [0.15, 0.2) is 0 Å². The van der Waals surface area contributed by atoms with Crippen LogP contribution in [-0.4, -0.2) is 18.7 Å². The minimum atomic E-state index is -2.84. The van der Waals surface area contributed by atoms with Gasteiger partial charge in [-0.05, 0) is 191 Å². The fraction of sp³-hybridized carbons (Fsp3) is 0.0667. The number of rotatable bonds is 9. The summed E-state index contributed by atoms with van der Waals surface area (Å²) in [5.74, 6) is 1.19. The molecule has 0 fully saturated rings. The number of ether oxygens (including phenoxy) is 1. The second-order valence-electron chi connectivity index (χ2n) is 24.8. The van der Waals surface area contributed by atoms with Gasteiger partial charge in [0, 0.05) is 63.3 Å². The van der Waals surface area contributed by atoms with Crippen LogP contribution in [0.2, 0.25) is 0 Å². The van der Waals surface area contributed by atoms with Crippen molar-refractivity contribution in [3.8, 4) is 112 Å². The van der Waals surface area contributed by atoms with Gasteiger partial charge in [-0.15, -0.1) is 29.7 Å². The van der Waals surface area contributed by atoms with Crippen molar-refractivity contribution in [3.05, 3.63) is 326 Å². The summed E-state index contributed by atoms with van der Waals surface area (Å²) in [6, 6.07) is 60.2. The van der Waals surface area contributed by atoms with E-state index in [2.05, 4.69) is 54.4 Å². The maximum Gasteiger partial charge on any atom is 0.268 e. The van der Waals surface area contributed by atoms with Crippen LogP contribution >= 0.6 is 0 Å². The van der Waals surface area contributed by atoms with E-state index in [4.69, 9.17) is 26.2 Å². The number of fused-ring (bicyclic) bond motifs is 13. The van der Waals surface area contributed by atoms with E-state index >= 15 is 0 Å². The molecule has 0 N–H and O–H groups in total. The van der Waals surface area contributed by atoms with Gasteiger partial charge in [0.1, 0.15) is 5.82 Å². The Labute approximate surface area is 605 Å². The molecule has 17 aromatic rings. The molecule has 6 nitrogen and oxygen atoms in total. The standard InChI is InChI=1S/C90H63N5O.Pt/c1-57-24-22-25-58(2)87(57)65-50-79-73-35-15-13-33-71(73)70-32-12-14-34-72(70)78-49-64(63-47-61(59-26-8-6-9-27-59)46-62(48-63)60-28-10-7-11-29-60)51-84-88(78)93(89(79)85(52-65)94-80-39-19-16-36-74(80)75-37-17-20-40-81(75)94)56-92(84)67-30-23-31-68(54-67)96-69-42-43-77-76-38-18-21-41-82(76)95(83(77)55-69)86-53-66(44-45-91-86)90(3,4)5;/h6-53H,1-5H3;/q-2;/i1D3,2D3,6D,7D,8D,9D,10D,11D,26D,27D,28D,29D,46D,47D,48D;. The van der Waals surface area contributed by atoms with Gasteiger partial charge >= 0.3 is 0 Å². The molecule has 0 aliphatic carbocycles. The molecule has 0 bridgehead atoms. The van der Waals surface area contributed by atoms with Gasteiger partial charge in [-0.1, -0.05) is 214 Å². The number of aryl methyl sites for hydroxylation is 2. The van der Waals surface area contributed by atoms with E-state index in [0.29, 0.717) is 78.4 Å². The van der Waals surface area contributed by atoms with Crippen LogP contribution in [-0.2, 0) is 26.5 Å². The number of aromatic nitrogens is 5. The number of nitrogens with zero attached hydrogens (tertiary/aromatic N) is 5. The normalized spacial score (nSPS) is 14.9. The van der Waals surface area contributed by atoms with Crippen LogP contribution in [0.15, 0.2) is 291 Å². The largest absolute Gasteiger partial charge is 0.510 e. The Bertz CT molecular complexity index is 6850. The average Bonchev–Trinajstić information content (AvgIpc) is 1.28. The Hall–Kier alpha value is -11.4. The first-order chi connectivity index (χ1) is 54.9. The summed E-state index contributed by atoms with van der Waals surface area (Å²) < 4.78 is 191. The molecule has 0 spiro atoms. The van der Waals surface area contributed by atoms with E-state index in [1.807, 2.05) is 156 Å². The van der Waals surface area contributed by atoms with Crippen LogP contribution < -0.4 is 9.30 Å². The molecule has 18 rings (SSSR count). The Morgan fingerprint density at radius 2 is 0.990 bits per heavy atom. The SMILES string of the molecule is [2H]c1c([2H])c([2H])c(-c2c([2H])c(-c3cc4c5c(c3)n(-c3[c-]c(Oc6[c-]c7c(cc6)c6ccccc6n7-c6cc(C(C)(C)C)ccn6)ccc3)[c-][n+]5-c3c(cc(-c5c(C([2H])([2H])[2H])cccc5C([2H])([2H])[2H])cc3-n3c5ccccc5c5ccccc53)-c3ccccc3-c3ccccc3-4)c([2H])c(-c3c([2H])c([2H])c([2H])c([2H])c3[2H])c2[2H])c([2H])c1[2H].[Pt]. The van der Waals surface area contributed by atoms with Crippen molar-refractivity contribution in [2.75, 3.05) is 0 Å². The van der Waals surface area contributed by atoms with E-state index in [0.717, 1.165) is 32.6 Å². The number of hydrogen-bond acceptors (Lipinski definition) is 2. The summed E-state index contributed by atoms with van der Waals surface area (Å²) >= 11 is 0. The zero-order valence-corrected chi connectivity index (χ0v) is 54.4. The predicted octanol–water partition coefficient (Wildman–Crippen LogP) is 22.6. The van der Waals surface area contributed by atoms with Crippen molar-refractivity contribution < 1.29 is 56.4 Å². The Morgan fingerprint density at radius 3 is 1.61 bits per heavy atom. The van der Waals surface area contributed by atoms with Crippen LogP contribution in [0.3, 0.4) is 0 Å². The molecule has 7 heteroatoms. The van der Waals surface area contributed by atoms with Crippen molar-refractivity contribution in [1.82, 2.24) is 18.7 Å². The van der Waals surface area contributed by atoms with Crippen LogP contribution in [0.25, 0.3) is 155 Å². The van der Waals surface area contributed by atoms with Crippen molar-refractivity contribution in [3.63, 3.8) is 0 Å². The zero-order valence-electron chi connectivity index (χ0n) is 71.2. The zero-order chi connectivity index (χ0) is 80.7. The molecule has 13 aromatic carbocycles. The molecule has 97 heavy (non-hydrogen) atoms. The van der Waals surface area contributed by atoms with Crippen LogP contribution in [0.4, 0.5) is 0 Å². The molecule has 1 aliphatic heterocycles. The van der Waals surface area contributed by atoms with E-state index in [1.54, 1.807) is 41.1 Å². The van der Waals surface area contributed by atoms with Gasteiger partial charge in [0.05, 0.1) is 51.3 Å². The molecule has 0 amide bonds. The molecule has 0 unspecified atom stereocenters. The molecule has 0 saturated heterocycles. The van der Waals surface area contributed by atoms with Crippen LogP contribution in [0, 0.1) is 32.2 Å². The number of hydrogen-bond donors (Lipinski definition) is 0. The third-order valence-electron chi connectivity index (χ3n) is 18.1. The summed E-state index contributed by atoms with van der Waals surface area (Å²) in [5.41, 5.74) is 6.02. The first-order valence-electron chi connectivity index (χ1n) is 40.9. The van der Waals surface area contributed by atoms with Crippen molar-refractivity contribution in [1.29, 1.82) is 0 Å². The second-order valence-corrected chi connectivity index (χ2v) is 24.8. The second kappa shape index (κ2) is 23.5. The minimum absolute atomic E-state index is 0. The van der Waals surface area contributed by atoms with E-state index in [-0.39, 0.29) is 76.8 Å². The van der Waals surface area contributed by atoms with Gasteiger partial charge in [-0.3, -0.25) is 4.57 Å². The molecule has 466 valence electrons. The predicted molar refractivity (Wildman–Crippen MR) is 394 cm³/mol. The van der Waals surface area contributed by atoms with E-state index < -0.39 is 115 Å². The Morgan fingerprint density at radius 1 is 0.454 bits per heavy atom. The number of imidazole rings is 1. The summed E-state index contributed by atoms with van der Waals surface area (Å²) in [6.45, 7) is 0.743. The molecular formula is C90H63N5OPt-2. The topological polar surface area (TPSA) is 40.8 Å². The smallest absolute Gasteiger partial charge is 0.268 e. The molecule has 4 aromatic heterocycles. The minimum Gasteiger partial charge on any atom is -0.510 e. The summed E-state index contributed by atoms with van der Waals surface area (Å²) in [4.78, 5) is 4.90. The Balaban J connectivity index is 0.00000968. The van der Waals surface area contributed by atoms with Gasteiger partial charge in [0.25, 0.3) is 6.33 Å². The van der Waals surface area contributed by atoms with E-state index in [1.165, 1.54) is 18.2 Å². The monoisotopic (exact) mass is 1440 g/mol. The average molecular weight is 1440 g/mol. The molecular weight excluding hydrogens is 1360 g/mol. The van der Waals surface area contributed by atoms with E-state index in [9.17, 15) is 9.60 Å². The number of para-hydroxylation sites is 3. The fourth-order valence-electron chi connectivity index (χ4n) is 13.8. The Kier molecular flexibility index (Phi) is 10.2. The summed E-state index contributed by atoms with van der Waals surface area (Å²) in [5, 5.41) is 3.55. The quantitative estimate of drug-likeness (QED) is 0.107. The van der Waals surface area contributed by atoms with Gasteiger partial charge in [-0.2, -0.15) is 18.2 Å². The molecule has 0 atom stereocenters. The number of pyridine rings is 1. The number of benzene rings is 13. The summed E-state index contributed by atoms with van der Waals surface area (Å²) in [7, 11) is 0. The maximum atomic E-state index is 10.6. The van der Waals surface area contributed by atoms with Crippen molar-refractivity contribution in [2.24, 2.45) is 0 Å². The fourth-order valence-corrected chi connectivity index (χ4v) is 13.8. The van der Waals surface area contributed by atoms with Crippen LogP contribution in [0.5, 0.6) is 11.5 Å². The molecule has 0 saturated carbocycles.